The number of nitrogens with two attached hydrogens (primary N) is 1. The zero-order valence-electron chi connectivity index (χ0n) is 20.6. The summed E-state index contributed by atoms with van der Waals surface area (Å²) in [5.74, 6) is -0.447. The lowest BCUT2D eigenvalue weighted by Gasteiger charge is -2.26. The summed E-state index contributed by atoms with van der Waals surface area (Å²) >= 11 is 0. The van der Waals surface area contributed by atoms with Gasteiger partial charge >= 0.3 is 0 Å². The van der Waals surface area contributed by atoms with Crippen LogP contribution in [0, 0.1) is 0 Å². The second kappa shape index (κ2) is 16.8. The maximum atomic E-state index is 12.9. The largest absolute Gasteiger partial charge is 0.379 e. The molecule has 1 aliphatic rings. The lowest BCUT2D eigenvalue weighted by atomic mass is 10.1. The predicted molar refractivity (Wildman–Crippen MR) is 146 cm³/mol. The first-order valence-electron chi connectivity index (χ1n) is 11.2. The molecule has 0 aliphatic carbocycles. The Labute approximate surface area is 230 Å². The first-order valence-corrected chi connectivity index (χ1v) is 11.2. The van der Waals surface area contributed by atoms with Gasteiger partial charge in [-0.2, -0.15) is 0 Å². The van der Waals surface area contributed by atoms with Crippen LogP contribution in [-0.4, -0.2) is 77.3 Å². The van der Waals surface area contributed by atoms with Crippen molar-refractivity contribution in [2.45, 2.75) is 38.6 Å². The lowest BCUT2D eigenvalue weighted by molar-refractivity contribution is -0.130. The van der Waals surface area contributed by atoms with Crippen molar-refractivity contribution in [3.63, 3.8) is 0 Å². The zero-order valence-corrected chi connectivity index (χ0v) is 23.0. The molecule has 2 aromatic rings. The maximum Gasteiger partial charge on any atom is 0.250 e. The molecule has 1 saturated heterocycles. The van der Waals surface area contributed by atoms with Crippen molar-refractivity contribution in [3.8, 4) is 0 Å². The van der Waals surface area contributed by atoms with Crippen molar-refractivity contribution in [3.05, 3.63) is 48.4 Å². The highest BCUT2D eigenvalue weighted by atomic mass is 35.5. The highest BCUT2D eigenvalue weighted by molar-refractivity contribution is 5.98. The molecule has 10 nitrogen and oxygen atoms in total. The molecule has 0 saturated carbocycles. The molecule has 0 spiro atoms. The number of hydrogen-bond donors (Lipinski definition) is 3. The van der Waals surface area contributed by atoms with E-state index in [9.17, 15) is 9.59 Å². The number of carbonyl (C=O) groups excluding carboxylic acids is 2. The fraction of sp³-hybridized carbons (Fsp3) is 0.522. The summed E-state index contributed by atoms with van der Waals surface area (Å²) < 4.78 is 13.0. The van der Waals surface area contributed by atoms with E-state index in [2.05, 4.69) is 20.5 Å². The summed E-state index contributed by atoms with van der Waals surface area (Å²) in [7, 11) is 0. The molecule has 0 radical (unpaired) electrons. The molecule has 1 aliphatic heterocycles. The van der Waals surface area contributed by atoms with Crippen molar-refractivity contribution in [1.82, 2.24) is 19.8 Å². The smallest absolute Gasteiger partial charge is 0.250 e. The van der Waals surface area contributed by atoms with E-state index in [4.69, 9.17) is 15.2 Å². The molecule has 36 heavy (non-hydrogen) atoms. The van der Waals surface area contributed by atoms with E-state index < -0.39 is 23.4 Å². The zero-order chi connectivity index (χ0) is 23.7. The van der Waals surface area contributed by atoms with Gasteiger partial charge in [-0.3, -0.25) is 14.5 Å². The molecule has 1 aromatic carbocycles. The van der Waals surface area contributed by atoms with Gasteiger partial charge in [-0.25, -0.2) is 4.98 Å². The quantitative estimate of drug-likeness (QED) is 0.379. The van der Waals surface area contributed by atoms with Crippen LogP contribution in [0.3, 0.4) is 0 Å². The van der Waals surface area contributed by atoms with Gasteiger partial charge in [0.05, 0.1) is 38.3 Å². The number of morpholine rings is 1. The van der Waals surface area contributed by atoms with Gasteiger partial charge in [0.1, 0.15) is 6.04 Å². The first kappa shape index (κ1) is 34.1. The van der Waals surface area contributed by atoms with Crippen LogP contribution in [0.2, 0.25) is 0 Å². The number of nitrogens with one attached hydrogen (secondary N) is 2. The number of rotatable bonds is 11. The van der Waals surface area contributed by atoms with Gasteiger partial charge in [-0.15, -0.1) is 37.2 Å². The Morgan fingerprint density at radius 3 is 2.44 bits per heavy atom. The summed E-state index contributed by atoms with van der Waals surface area (Å²) in [4.78, 5) is 31.9. The van der Waals surface area contributed by atoms with Crippen LogP contribution in [0.1, 0.15) is 19.4 Å². The van der Waals surface area contributed by atoms with Gasteiger partial charge < -0.3 is 30.4 Å². The van der Waals surface area contributed by atoms with Crippen molar-refractivity contribution < 1.29 is 19.1 Å². The second-order valence-corrected chi connectivity index (χ2v) is 8.69. The molecule has 1 aromatic heterocycles. The average Bonchev–Trinajstić information content (AvgIpc) is 3.25. The van der Waals surface area contributed by atoms with Crippen LogP contribution in [0.5, 0.6) is 0 Å². The van der Waals surface area contributed by atoms with Gasteiger partial charge in [0, 0.05) is 32.4 Å². The van der Waals surface area contributed by atoms with Crippen LogP contribution in [0.25, 0.3) is 0 Å². The van der Waals surface area contributed by atoms with E-state index in [1.807, 2.05) is 34.9 Å². The summed E-state index contributed by atoms with van der Waals surface area (Å²) in [6.45, 7) is 8.46. The van der Waals surface area contributed by atoms with E-state index in [-0.39, 0.29) is 43.8 Å². The number of hydrogen-bond acceptors (Lipinski definition) is 7. The minimum absolute atomic E-state index is 0. The molecule has 4 N–H and O–H groups in total. The predicted octanol–water partition coefficient (Wildman–Crippen LogP) is 1.86. The monoisotopic (exact) mass is 566 g/mol. The molecule has 13 heteroatoms. The topological polar surface area (TPSA) is 124 Å². The molecule has 1 fully saturated rings. The number of benzene rings is 1. The highest BCUT2D eigenvalue weighted by Crippen LogP contribution is 2.07. The standard InChI is InChI=1S/C23H34N6O4.3ClH/c1-23(2,24)22(31)26-19(16-33-15-18-6-4-3-5-7-18)21(30)27-20-14-29(17-25-20)9-8-28-10-12-32-13-11-28;;;/h3-7,14,17,19H,8-13,15-16,24H2,1-2H3,(H,26,31)(H,27,30);3*1H/t19-;;;/m1.../s1. The number of nitrogens with zero attached hydrogens (tertiary/aromatic N) is 3. The Bertz CT molecular complexity index is 905. The van der Waals surface area contributed by atoms with Crippen molar-refractivity contribution in [1.29, 1.82) is 0 Å². The number of halogens is 3. The molecule has 0 bridgehead atoms. The number of amides is 2. The molecule has 204 valence electrons. The Hall–Kier alpha value is -1.92. The number of aromatic nitrogens is 2. The summed E-state index contributed by atoms with van der Waals surface area (Å²) in [6, 6.07) is 8.69. The van der Waals surface area contributed by atoms with Crippen molar-refractivity contribution in [2.75, 3.05) is 44.8 Å². The Balaban J connectivity index is 0.00000408. The van der Waals surface area contributed by atoms with Gasteiger partial charge in [0.25, 0.3) is 5.91 Å². The lowest BCUT2D eigenvalue weighted by Crippen LogP contribution is -2.56. The fourth-order valence-corrected chi connectivity index (χ4v) is 3.24. The molecular weight excluding hydrogens is 531 g/mol. The van der Waals surface area contributed by atoms with E-state index >= 15 is 0 Å². The Morgan fingerprint density at radius 1 is 1.14 bits per heavy atom. The molecular formula is C23H37Cl3N6O4. The number of carbonyl (C=O) groups is 2. The van der Waals surface area contributed by atoms with Crippen molar-refractivity contribution in [2.24, 2.45) is 5.73 Å². The number of ether oxygens (including phenoxy) is 2. The third-order valence-electron chi connectivity index (χ3n) is 5.27. The van der Waals surface area contributed by atoms with E-state index in [1.165, 1.54) is 0 Å². The van der Waals surface area contributed by atoms with Gasteiger partial charge in [-0.1, -0.05) is 30.3 Å². The second-order valence-electron chi connectivity index (χ2n) is 8.69. The number of imidazole rings is 1. The Morgan fingerprint density at radius 2 is 1.81 bits per heavy atom. The summed E-state index contributed by atoms with van der Waals surface area (Å²) in [5.41, 5.74) is 5.73. The number of anilines is 1. The maximum absolute atomic E-state index is 12.9. The SMILES string of the molecule is CC(C)(N)C(=O)N[C@H](COCc1ccccc1)C(=O)Nc1cn(CCN2CCOCC2)cn1.Cl.Cl.Cl. The summed E-state index contributed by atoms with van der Waals surface area (Å²) in [6.07, 6.45) is 3.45. The molecule has 3 rings (SSSR count). The first-order chi connectivity index (χ1) is 15.8. The van der Waals surface area contributed by atoms with E-state index in [0.29, 0.717) is 12.4 Å². The Kier molecular flexibility index (Phi) is 15.9. The normalized spacial score (nSPS) is 14.4. The summed E-state index contributed by atoms with van der Waals surface area (Å²) in [5, 5.41) is 5.45. The fourth-order valence-electron chi connectivity index (χ4n) is 3.24. The van der Waals surface area contributed by atoms with E-state index in [1.54, 1.807) is 26.4 Å². The molecule has 1 atom stereocenters. The van der Waals surface area contributed by atoms with Crippen molar-refractivity contribution >= 4 is 54.9 Å². The van der Waals surface area contributed by atoms with Gasteiger partial charge in [0.2, 0.25) is 5.91 Å². The van der Waals surface area contributed by atoms with Gasteiger partial charge in [-0.05, 0) is 19.4 Å². The molecule has 2 amide bonds. The average molecular weight is 568 g/mol. The van der Waals surface area contributed by atoms with Crippen LogP contribution in [0.15, 0.2) is 42.9 Å². The third kappa shape index (κ3) is 11.4. The van der Waals surface area contributed by atoms with Crippen LogP contribution in [0.4, 0.5) is 5.82 Å². The van der Waals surface area contributed by atoms with E-state index in [0.717, 1.165) is 45.0 Å². The van der Waals surface area contributed by atoms with Gasteiger partial charge in [0.15, 0.2) is 5.82 Å². The third-order valence-corrected chi connectivity index (χ3v) is 5.27. The van der Waals surface area contributed by atoms with Crippen LogP contribution < -0.4 is 16.4 Å². The van der Waals surface area contributed by atoms with Crippen LogP contribution in [-0.2, 0) is 32.2 Å². The van der Waals surface area contributed by atoms with Crippen LogP contribution >= 0.6 is 37.2 Å². The molecule has 0 unspecified atom stereocenters. The molecule has 2 heterocycles. The minimum Gasteiger partial charge on any atom is -0.379 e. The highest BCUT2D eigenvalue weighted by Gasteiger charge is 2.28. The minimum atomic E-state index is -1.13.